The number of ether oxygens (including phenoxy) is 1. The zero-order valence-corrected chi connectivity index (χ0v) is 12.7. The topological polar surface area (TPSA) is 73.1 Å². The largest absolute Gasteiger partial charge is 0.396 e. The van der Waals surface area contributed by atoms with E-state index in [1.165, 1.54) is 4.80 Å². The normalized spacial score (nSPS) is 16.7. The fourth-order valence-corrected chi connectivity index (χ4v) is 2.49. The minimum Gasteiger partial charge on any atom is -0.396 e. The van der Waals surface area contributed by atoms with E-state index in [-0.39, 0.29) is 12.0 Å². The Hall–Kier alpha value is -1.21. The second kappa shape index (κ2) is 5.88. The molecule has 2 heterocycles. The van der Waals surface area contributed by atoms with Crippen LogP contribution in [0.3, 0.4) is 0 Å². The van der Waals surface area contributed by atoms with Crippen LogP contribution in [-0.2, 0) is 17.7 Å². The van der Waals surface area contributed by atoms with Crippen LogP contribution in [0.15, 0.2) is 18.2 Å². The van der Waals surface area contributed by atoms with Crippen LogP contribution in [0.5, 0.6) is 0 Å². The van der Waals surface area contributed by atoms with Gasteiger partial charge in [0.25, 0.3) is 0 Å². The number of rotatable bonds is 5. The number of halogens is 2. The minimum atomic E-state index is -0.276. The first kappa shape index (κ1) is 14.7. The predicted octanol–water partition coefficient (Wildman–Crippen LogP) is 1.58. The van der Waals surface area contributed by atoms with Gasteiger partial charge >= 0.3 is 0 Å². The quantitative estimate of drug-likeness (QED) is 0.902. The maximum Gasteiger partial charge on any atom is 0.179 e. The van der Waals surface area contributed by atoms with Crippen molar-refractivity contribution in [3.05, 3.63) is 39.6 Å². The molecule has 112 valence electrons. The van der Waals surface area contributed by atoms with Gasteiger partial charge < -0.3 is 9.84 Å². The van der Waals surface area contributed by atoms with Crippen molar-refractivity contribution >= 4 is 23.2 Å². The van der Waals surface area contributed by atoms with Crippen LogP contribution in [0.2, 0.25) is 10.0 Å². The highest BCUT2D eigenvalue weighted by Gasteiger charge is 2.39. The lowest BCUT2D eigenvalue weighted by Crippen LogP contribution is -2.49. The first-order valence-electron chi connectivity index (χ1n) is 6.49. The van der Waals surface area contributed by atoms with Crippen molar-refractivity contribution in [1.82, 2.24) is 20.2 Å². The van der Waals surface area contributed by atoms with Crippen LogP contribution in [0, 0.1) is 5.41 Å². The number of tetrazole rings is 1. The number of aliphatic hydroxyl groups excluding tert-OH is 1. The van der Waals surface area contributed by atoms with Gasteiger partial charge in [0, 0.05) is 6.42 Å². The molecule has 21 heavy (non-hydrogen) atoms. The maximum absolute atomic E-state index is 9.40. The van der Waals surface area contributed by atoms with Gasteiger partial charge in [-0.1, -0.05) is 29.3 Å². The zero-order chi connectivity index (χ0) is 14.9. The van der Waals surface area contributed by atoms with E-state index in [2.05, 4.69) is 15.4 Å². The molecular weight excluding hydrogens is 315 g/mol. The molecule has 1 fully saturated rings. The van der Waals surface area contributed by atoms with E-state index >= 15 is 0 Å². The molecule has 1 aromatic heterocycles. The molecule has 0 bridgehead atoms. The standard InChI is InChI=1S/C13H14Cl2N4O2/c14-10-2-1-9(3-11(10)15)4-12-16-18-19(17-12)5-13(6-20)7-21-8-13/h1-3,20H,4-8H2. The monoisotopic (exact) mass is 328 g/mol. The highest BCUT2D eigenvalue weighted by Crippen LogP contribution is 2.28. The molecule has 0 amide bonds. The summed E-state index contributed by atoms with van der Waals surface area (Å²) in [6.45, 7) is 1.59. The summed E-state index contributed by atoms with van der Waals surface area (Å²) in [6.07, 6.45) is 0.527. The molecule has 8 heteroatoms. The summed E-state index contributed by atoms with van der Waals surface area (Å²) in [5.74, 6) is 0.599. The lowest BCUT2D eigenvalue weighted by molar-refractivity contribution is -0.147. The lowest BCUT2D eigenvalue weighted by Gasteiger charge is -2.38. The van der Waals surface area contributed by atoms with Gasteiger partial charge in [0.15, 0.2) is 5.82 Å². The Kier molecular flexibility index (Phi) is 4.12. The Morgan fingerprint density at radius 3 is 2.71 bits per heavy atom. The molecular formula is C13H14Cl2N4O2. The van der Waals surface area contributed by atoms with Crippen LogP contribution in [0.25, 0.3) is 0 Å². The Morgan fingerprint density at radius 1 is 1.29 bits per heavy atom. The van der Waals surface area contributed by atoms with Gasteiger partial charge in [0.1, 0.15) is 0 Å². The van der Waals surface area contributed by atoms with E-state index in [0.29, 0.717) is 42.0 Å². The van der Waals surface area contributed by atoms with Gasteiger partial charge in [-0.25, -0.2) is 0 Å². The number of hydrogen-bond donors (Lipinski definition) is 1. The molecule has 0 unspecified atom stereocenters. The van der Waals surface area contributed by atoms with Crippen molar-refractivity contribution < 1.29 is 9.84 Å². The van der Waals surface area contributed by atoms with E-state index in [4.69, 9.17) is 27.9 Å². The SMILES string of the molecule is OCC1(Cn2nnc(Cc3ccc(Cl)c(Cl)c3)n2)COC1. The summed E-state index contributed by atoms with van der Waals surface area (Å²) in [4.78, 5) is 1.51. The van der Waals surface area contributed by atoms with Gasteiger partial charge in [0.2, 0.25) is 0 Å². The average molecular weight is 329 g/mol. The third-order valence-corrected chi connectivity index (χ3v) is 4.21. The van der Waals surface area contributed by atoms with E-state index in [1.54, 1.807) is 12.1 Å². The molecule has 3 rings (SSSR count). The maximum atomic E-state index is 9.40. The number of benzene rings is 1. The molecule has 0 spiro atoms. The van der Waals surface area contributed by atoms with Crippen molar-refractivity contribution in [2.24, 2.45) is 5.41 Å². The fourth-order valence-electron chi connectivity index (χ4n) is 2.17. The van der Waals surface area contributed by atoms with Crippen molar-refractivity contribution in [3.8, 4) is 0 Å². The van der Waals surface area contributed by atoms with Gasteiger partial charge in [-0.2, -0.15) is 4.80 Å². The summed E-state index contributed by atoms with van der Waals surface area (Å²) in [5.41, 5.74) is 0.689. The second-order valence-electron chi connectivity index (χ2n) is 5.31. The summed E-state index contributed by atoms with van der Waals surface area (Å²) in [5, 5.41) is 22.8. The van der Waals surface area contributed by atoms with Crippen LogP contribution in [0.4, 0.5) is 0 Å². The molecule has 0 saturated carbocycles. The smallest absolute Gasteiger partial charge is 0.179 e. The van der Waals surface area contributed by atoms with Gasteiger partial charge in [-0.3, -0.25) is 0 Å². The second-order valence-corrected chi connectivity index (χ2v) is 6.13. The Morgan fingerprint density at radius 2 is 2.10 bits per heavy atom. The molecule has 0 aliphatic carbocycles. The highest BCUT2D eigenvalue weighted by atomic mass is 35.5. The van der Waals surface area contributed by atoms with Crippen LogP contribution in [-0.4, -0.2) is 45.1 Å². The van der Waals surface area contributed by atoms with E-state index < -0.39 is 0 Å². The van der Waals surface area contributed by atoms with Gasteiger partial charge in [-0.05, 0) is 22.9 Å². The minimum absolute atomic E-state index is 0.0522. The number of hydrogen-bond acceptors (Lipinski definition) is 5. The number of aliphatic hydroxyl groups is 1. The predicted molar refractivity (Wildman–Crippen MR) is 77.4 cm³/mol. The average Bonchev–Trinajstić information content (AvgIpc) is 2.85. The van der Waals surface area contributed by atoms with Crippen molar-refractivity contribution in [3.63, 3.8) is 0 Å². The molecule has 0 radical (unpaired) electrons. The molecule has 1 aliphatic heterocycles. The van der Waals surface area contributed by atoms with Gasteiger partial charge in [-0.15, -0.1) is 10.2 Å². The van der Waals surface area contributed by atoms with Gasteiger partial charge in [0.05, 0.1) is 41.8 Å². The van der Waals surface area contributed by atoms with E-state index in [9.17, 15) is 5.11 Å². The Labute approximate surface area is 131 Å². The lowest BCUT2D eigenvalue weighted by atomic mass is 9.87. The third-order valence-electron chi connectivity index (χ3n) is 3.47. The molecule has 0 atom stereocenters. The Bertz CT molecular complexity index is 637. The summed E-state index contributed by atoms with van der Waals surface area (Å²) < 4.78 is 5.15. The molecule has 1 aromatic carbocycles. The first-order valence-corrected chi connectivity index (χ1v) is 7.25. The fraction of sp³-hybridized carbons (Fsp3) is 0.462. The summed E-state index contributed by atoms with van der Waals surface area (Å²) in [6, 6.07) is 5.42. The molecule has 1 N–H and O–H groups in total. The molecule has 1 saturated heterocycles. The highest BCUT2D eigenvalue weighted by molar-refractivity contribution is 6.42. The van der Waals surface area contributed by atoms with Crippen molar-refractivity contribution in [2.75, 3.05) is 19.8 Å². The van der Waals surface area contributed by atoms with E-state index in [1.807, 2.05) is 6.07 Å². The zero-order valence-electron chi connectivity index (χ0n) is 11.2. The summed E-state index contributed by atoms with van der Waals surface area (Å²) in [7, 11) is 0. The Balaban J connectivity index is 1.68. The summed E-state index contributed by atoms with van der Waals surface area (Å²) >= 11 is 11.9. The molecule has 2 aromatic rings. The van der Waals surface area contributed by atoms with E-state index in [0.717, 1.165) is 5.56 Å². The molecule has 1 aliphatic rings. The first-order chi connectivity index (χ1) is 10.1. The molecule has 6 nitrogen and oxygen atoms in total. The van der Waals surface area contributed by atoms with Crippen molar-refractivity contribution in [2.45, 2.75) is 13.0 Å². The van der Waals surface area contributed by atoms with Crippen LogP contribution < -0.4 is 0 Å². The van der Waals surface area contributed by atoms with Crippen molar-refractivity contribution in [1.29, 1.82) is 0 Å². The number of nitrogens with zero attached hydrogens (tertiary/aromatic N) is 4. The third kappa shape index (κ3) is 3.18. The van der Waals surface area contributed by atoms with Crippen LogP contribution in [0.1, 0.15) is 11.4 Å². The van der Waals surface area contributed by atoms with Crippen LogP contribution >= 0.6 is 23.2 Å². The number of aromatic nitrogens is 4.